The van der Waals surface area contributed by atoms with Crippen molar-refractivity contribution in [2.45, 2.75) is 30.8 Å². The predicted octanol–water partition coefficient (Wildman–Crippen LogP) is 3.63. The zero-order chi connectivity index (χ0) is 11.3. The molecular formula is C13H19NS. The van der Waals surface area contributed by atoms with E-state index < -0.39 is 0 Å². The van der Waals surface area contributed by atoms with Crippen LogP contribution in [0.15, 0.2) is 41.8 Å². The van der Waals surface area contributed by atoms with Crippen molar-refractivity contribution in [1.29, 1.82) is 0 Å². The summed E-state index contributed by atoms with van der Waals surface area (Å²) in [5.41, 5.74) is 1.32. The van der Waals surface area contributed by atoms with Crippen LogP contribution in [0.5, 0.6) is 0 Å². The number of hydrogen-bond acceptors (Lipinski definition) is 2. The molecule has 1 nitrogen and oxygen atoms in total. The summed E-state index contributed by atoms with van der Waals surface area (Å²) in [7, 11) is 0. The molecule has 0 aliphatic rings. The van der Waals surface area contributed by atoms with Crippen molar-refractivity contribution in [3.05, 3.63) is 42.5 Å². The van der Waals surface area contributed by atoms with Crippen LogP contribution < -0.4 is 5.32 Å². The summed E-state index contributed by atoms with van der Waals surface area (Å²) in [6.07, 6.45) is 4.02. The van der Waals surface area contributed by atoms with Gasteiger partial charge < -0.3 is 5.32 Å². The standard InChI is InChI=1S/C13H19NS/c1-5-10(2)14-11(3)12-6-8-13(15-4)9-7-12/h5-11,14H,1H2,2-4H3. The maximum Gasteiger partial charge on any atom is 0.0297 e. The highest BCUT2D eigenvalue weighted by Crippen LogP contribution is 2.19. The van der Waals surface area contributed by atoms with E-state index in [1.807, 2.05) is 6.08 Å². The fraction of sp³-hybridized carbons (Fsp3) is 0.385. The van der Waals surface area contributed by atoms with Crippen LogP contribution in [0.2, 0.25) is 0 Å². The van der Waals surface area contributed by atoms with E-state index in [2.05, 4.69) is 56.3 Å². The van der Waals surface area contributed by atoms with E-state index in [9.17, 15) is 0 Å². The summed E-state index contributed by atoms with van der Waals surface area (Å²) < 4.78 is 0. The number of nitrogens with one attached hydrogen (secondary N) is 1. The molecule has 1 rings (SSSR count). The van der Waals surface area contributed by atoms with Gasteiger partial charge in [-0.05, 0) is 37.8 Å². The quantitative estimate of drug-likeness (QED) is 0.602. The van der Waals surface area contributed by atoms with Gasteiger partial charge in [0.2, 0.25) is 0 Å². The second kappa shape index (κ2) is 5.99. The lowest BCUT2D eigenvalue weighted by Crippen LogP contribution is -2.26. The molecule has 2 unspecified atom stereocenters. The average Bonchev–Trinajstić information content (AvgIpc) is 2.29. The zero-order valence-electron chi connectivity index (χ0n) is 9.66. The Morgan fingerprint density at radius 1 is 1.27 bits per heavy atom. The summed E-state index contributed by atoms with van der Waals surface area (Å²) in [5.74, 6) is 0. The summed E-state index contributed by atoms with van der Waals surface area (Å²) >= 11 is 1.77. The first-order valence-corrected chi connectivity index (χ1v) is 6.42. The molecule has 0 amide bonds. The lowest BCUT2D eigenvalue weighted by molar-refractivity contribution is 0.537. The van der Waals surface area contributed by atoms with Crippen molar-refractivity contribution >= 4 is 11.8 Å². The monoisotopic (exact) mass is 221 g/mol. The Morgan fingerprint density at radius 3 is 2.33 bits per heavy atom. The number of rotatable bonds is 5. The highest BCUT2D eigenvalue weighted by molar-refractivity contribution is 7.98. The molecule has 0 bridgehead atoms. The minimum Gasteiger partial charge on any atom is -0.304 e. The summed E-state index contributed by atoms with van der Waals surface area (Å²) in [6.45, 7) is 8.05. The third-order valence-electron chi connectivity index (χ3n) is 2.48. The van der Waals surface area contributed by atoms with E-state index in [4.69, 9.17) is 0 Å². The van der Waals surface area contributed by atoms with Gasteiger partial charge in [0.05, 0.1) is 0 Å². The SMILES string of the molecule is C=CC(C)NC(C)c1ccc(SC)cc1. The van der Waals surface area contributed by atoms with Gasteiger partial charge in [0.1, 0.15) is 0 Å². The van der Waals surface area contributed by atoms with Gasteiger partial charge in [-0.25, -0.2) is 0 Å². The molecular weight excluding hydrogens is 202 g/mol. The lowest BCUT2D eigenvalue weighted by atomic mass is 10.1. The zero-order valence-corrected chi connectivity index (χ0v) is 10.5. The maximum absolute atomic E-state index is 3.77. The van der Waals surface area contributed by atoms with Gasteiger partial charge in [0.25, 0.3) is 0 Å². The van der Waals surface area contributed by atoms with Crippen LogP contribution in [0.3, 0.4) is 0 Å². The van der Waals surface area contributed by atoms with Gasteiger partial charge in [-0.15, -0.1) is 18.3 Å². The predicted molar refractivity (Wildman–Crippen MR) is 69.4 cm³/mol. The van der Waals surface area contributed by atoms with Crippen LogP contribution >= 0.6 is 11.8 Å². The van der Waals surface area contributed by atoms with E-state index in [0.717, 1.165) is 0 Å². The van der Waals surface area contributed by atoms with Crippen LogP contribution in [-0.2, 0) is 0 Å². The average molecular weight is 221 g/mol. The highest BCUT2D eigenvalue weighted by Gasteiger charge is 2.06. The van der Waals surface area contributed by atoms with Crippen molar-refractivity contribution < 1.29 is 0 Å². The van der Waals surface area contributed by atoms with Gasteiger partial charge in [-0.3, -0.25) is 0 Å². The van der Waals surface area contributed by atoms with E-state index in [0.29, 0.717) is 12.1 Å². The molecule has 2 heteroatoms. The van der Waals surface area contributed by atoms with Crippen molar-refractivity contribution in [3.8, 4) is 0 Å². The van der Waals surface area contributed by atoms with Crippen molar-refractivity contribution in [2.24, 2.45) is 0 Å². The minimum absolute atomic E-state index is 0.347. The van der Waals surface area contributed by atoms with E-state index in [1.165, 1.54) is 10.5 Å². The summed E-state index contributed by atoms with van der Waals surface area (Å²) in [6, 6.07) is 9.40. The lowest BCUT2D eigenvalue weighted by Gasteiger charge is -2.17. The fourth-order valence-corrected chi connectivity index (χ4v) is 1.86. The Labute approximate surface area is 97.0 Å². The molecule has 0 radical (unpaired) electrons. The molecule has 0 aliphatic carbocycles. The minimum atomic E-state index is 0.347. The number of hydrogen-bond donors (Lipinski definition) is 1. The fourth-order valence-electron chi connectivity index (χ4n) is 1.45. The Bertz CT molecular complexity index is 305. The van der Waals surface area contributed by atoms with Crippen molar-refractivity contribution in [2.75, 3.05) is 6.26 Å². The van der Waals surface area contributed by atoms with Crippen molar-refractivity contribution in [3.63, 3.8) is 0 Å². The Kier molecular flexibility index (Phi) is 4.92. The molecule has 1 N–H and O–H groups in total. The van der Waals surface area contributed by atoms with Gasteiger partial charge >= 0.3 is 0 Å². The van der Waals surface area contributed by atoms with Crippen molar-refractivity contribution in [1.82, 2.24) is 5.32 Å². The van der Waals surface area contributed by atoms with E-state index in [1.54, 1.807) is 11.8 Å². The van der Waals surface area contributed by atoms with Crippen LogP contribution in [-0.4, -0.2) is 12.3 Å². The molecule has 0 aromatic heterocycles. The second-order valence-corrected chi connectivity index (χ2v) is 4.57. The van der Waals surface area contributed by atoms with E-state index in [-0.39, 0.29) is 0 Å². The number of benzene rings is 1. The molecule has 0 saturated carbocycles. The molecule has 0 aliphatic heterocycles. The van der Waals surface area contributed by atoms with E-state index >= 15 is 0 Å². The largest absolute Gasteiger partial charge is 0.304 e. The highest BCUT2D eigenvalue weighted by atomic mass is 32.2. The normalized spacial score (nSPS) is 14.6. The summed E-state index contributed by atoms with van der Waals surface area (Å²) in [4.78, 5) is 1.31. The van der Waals surface area contributed by atoms with Crippen LogP contribution in [0.4, 0.5) is 0 Å². The van der Waals surface area contributed by atoms with Crippen LogP contribution in [0, 0.1) is 0 Å². The Morgan fingerprint density at radius 2 is 1.87 bits per heavy atom. The summed E-state index contributed by atoms with van der Waals surface area (Å²) in [5, 5.41) is 3.46. The third-order valence-corrected chi connectivity index (χ3v) is 3.23. The third kappa shape index (κ3) is 3.73. The smallest absolute Gasteiger partial charge is 0.0297 e. The number of thioether (sulfide) groups is 1. The Balaban J connectivity index is 2.65. The Hall–Kier alpha value is -0.730. The van der Waals surface area contributed by atoms with Gasteiger partial charge in [0, 0.05) is 17.0 Å². The topological polar surface area (TPSA) is 12.0 Å². The molecule has 0 fully saturated rings. The van der Waals surface area contributed by atoms with Crippen LogP contribution in [0.25, 0.3) is 0 Å². The van der Waals surface area contributed by atoms with Crippen LogP contribution in [0.1, 0.15) is 25.5 Å². The first-order valence-electron chi connectivity index (χ1n) is 5.20. The van der Waals surface area contributed by atoms with Gasteiger partial charge in [0.15, 0.2) is 0 Å². The van der Waals surface area contributed by atoms with Gasteiger partial charge in [-0.1, -0.05) is 18.2 Å². The molecule has 0 saturated heterocycles. The first-order chi connectivity index (χ1) is 7.17. The molecule has 2 atom stereocenters. The molecule has 1 aromatic carbocycles. The second-order valence-electron chi connectivity index (χ2n) is 3.69. The molecule has 15 heavy (non-hydrogen) atoms. The first kappa shape index (κ1) is 12.3. The van der Waals surface area contributed by atoms with Gasteiger partial charge in [-0.2, -0.15) is 0 Å². The molecule has 1 aromatic rings. The molecule has 82 valence electrons. The molecule has 0 spiro atoms. The maximum atomic E-state index is 3.77. The molecule has 0 heterocycles.